The highest BCUT2D eigenvalue weighted by Gasteiger charge is 2.26. The summed E-state index contributed by atoms with van der Waals surface area (Å²) < 4.78 is 21.8. The van der Waals surface area contributed by atoms with Crippen molar-refractivity contribution in [3.63, 3.8) is 0 Å². The maximum absolute atomic E-state index is 12.3. The van der Waals surface area contributed by atoms with Crippen molar-refractivity contribution in [3.8, 4) is 0 Å². The molecule has 1 fully saturated rings. The predicted octanol–water partition coefficient (Wildman–Crippen LogP) is 2.44. The van der Waals surface area contributed by atoms with Crippen molar-refractivity contribution in [3.05, 3.63) is 34.3 Å². The van der Waals surface area contributed by atoms with E-state index in [1.54, 1.807) is 24.1 Å². The zero-order chi connectivity index (χ0) is 17.6. The Balaban J connectivity index is 1.42. The Morgan fingerprint density at radius 2 is 2.20 bits per heavy atom. The van der Waals surface area contributed by atoms with E-state index in [1.807, 2.05) is 0 Å². The summed E-state index contributed by atoms with van der Waals surface area (Å²) in [5.74, 6) is 1.33. The molecule has 0 saturated carbocycles. The van der Waals surface area contributed by atoms with E-state index in [1.165, 1.54) is 0 Å². The van der Waals surface area contributed by atoms with Crippen LogP contribution in [0.25, 0.3) is 0 Å². The summed E-state index contributed by atoms with van der Waals surface area (Å²) in [5.41, 5.74) is 0. The number of amides is 1. The molecule has 0 aromatic carbocycles. The van der Waals surface area contributed by atoms with Gasteiger partial charge in [0.2, 0.25) is 0 Å². The molecule has 1 aliphatic rings. The second-order valence-corrected chi connectivity index (χ2v) is 6.54. The number of carbonyl (C=O) groups is 1. The molecule has 1 amide bonds. The van der Waals surface area contributed by atoms with Gasteiger partial charge < -0.3 is 23.3 Å². The first-order chi connectivity index (χ1) is 12.2. The Labute approximate surface area is 153 Å². The first-order valence-electron chi connectivity index (χ1n) is 8.12. The van der Waals surface area contributed by atoms with Crippen LogP contribution in [0.5, 0.6) is 0 Å². The molecule has 25 heavy (non-hydrogen) atoms. The lowest BCUT2D eigenvalue weighted by Gasteiger charge is -2.31. The van der Waals surface area contributed by atoms with Crippen LogP contribution in [0.15, 0.2) is 25.7 Å². The van der Waals surface area contributed by atoms with Crippen molar-refractivity contribution in [1.29, 1.82) is 0 Å². The number of furan rings is 1. The number of nitrogens with zero attached hydrogens (tertiary/aromatic N) is 3. The molecule has 3 rings (SSSR count). The third-order valence-corrected chi connectivity index (χ3v) is 4.42. The monoisotopic (exact) mass is 413 g/mol. The molecule has 0 unspecified atom stereocenters. The maximum Gasteiger partial charge on any atom is 0.289 e. The minimum Gasteiger partial charge on any atom is -0.444 e. The summed E-state index contributed by atoms with van der Waals surface area (Å²) in [5, 5.41) is 3.88. The van der Waals surface area contributed by atoms with Crippen molar-refractivity contribution in [1.82, 2.24) is 15.0 Å². The van der Waals surface area contributed by atoms with Gasteiger partial charge in [0, 0.05) is 26.6 Å². The molecule has 8 nitrogen and oxygen atoms in total. The maximum atomic E-state index is 12.3. The lowest BCUT2D eigenvalue weighted by molar-refractivity contribution is -0.0103. The fourth-order valence-corrected chi connectivity index (χ4v) is 2.95. The number of methoxy groups -OCH3 is 1. The molecule has 2 aromatic heterocycles. The van der Waals surface area contributed by atoms with Crippen LogP contribution in [0, 0.1) is 0 Å². The third-order valence-electron chi connectivity index (χ3n) is 4.00. The van der Waals surface area contributed by atoms with Crippen LogP contribution >= 0.6 is 15.9 Å². The van der Waals surface area contributed by atoms with Gasteiger partial charge in [0.25, 0.3) is 11.8 Å². The highest BCUT2D eigenvalue weighted by molar-refractivity contribution is 9.10. The molecule has 9 heteroatoms. The van der Waals surface area contributed by atoms with Gasteiger partial charge in [-0.05, 0) is 40.9 Å². The van der Waals surface area contributed by atoms with Crippen molar-refractivity contribution in [2.45, 2.75) is 32.0 Å². The molecule has 136 valence electrons. The van der Waals surface area contributed by atoms with E-state index in [4.69, 9.17) is 18.4 Å². The third kappa shape index (κ3) is 4.90. The first kappa shape index (κ1) is 18.1. The van der Waals surface area contributed by atoms with E-state index >= 15 is 0 Å². The van der Waals surface area contributed by atoms with Gasteiger partial charge in [0.15, 0.2) is 16.3 Å². The number of hydrogen-bond acceptors (Lipinski definition) is 7. The molecule has 0 N–H and O–H groups in total. The highest BCUT2D eigenvalue weighted by Crippen LogP contribution is 2.20. The topological polar surface area (TPSA) is 90.8 Å². The number of halogens is 1. The largest absolute Gasteiger partial charge is 0.444 e. The zero-order valence-electron chi connectivity index (χ0n) is 13.9. The zero-order valence-corrected chi connectivity index (χ0v) is 15.5. The summed E-state index contributed by atoms with van der Waals surface area (Å²) in [6.07, 6.45) is 2.21. The number of carbonyl (C=O) groups excluding carboxylic acids is 1. The van der Waals surface area contributed by atoms with E-state index in [-0.39, 0.29) is 18.6 Å². The van der Waals surface area contributed by atoms with Gasteiger partial charge in [-0.3, -0.25) is 4.79 Å². The van der Waals surface area contributed by atoms with E-state index < -0.39 is 0 Å². The van der Waals surface area contributed by atoms with Crippen molar-refractivity contribution < 1.29 is 23.2 Å². The lowest BCUT2D eigenvalue weighted by atomic mass is 10.1. The van der Waals surface area contributed by atoms with Crippen LogP contribution in [0.4, 0.5) is 0 Å². The number of piperidine rings is 1. The Morgan fingerprint density at radius 1 is 1.40 bits per heavy atom. The second-order valence-electron chi connectivity index (χ2n) is 5.75. The summed E-state index contributed by atoms with van der Waals surface area (Å²) in [6.45, 7) is 2.10. The lowest BCUT2D eigenvalue weighted by Crippen LogP contribution is -2.40. The average molecular weight is 414 g/mol. The summed E-state index contributed by atoms with van der Waals surface area (Å²) >= 11 is 3.21. The molecular weight excluding hydrogens is 394 g/mol. The number of ether oxygens (including phenoxy) is 2. The Kier molecular flexibility index (Phi) is 6.22. The van der Waals surface area contributed by atoms with Gasteiger partial charge in [0.05, 0.1) is 12.7 Å². The van der Waals surface area contributed by atoms with Crippen LogP contribution < -0.4 is 0 Å². The first-order valence-corrected chi connectivity index (χ1v) is 8.91. The van der Waals surface area contributed by atoms with Crippen LogP contribution in [-0.4, -0.2) is 53.9 Å². The molecule has 0 atom stereocenters. The molecule has 0 aliphatic carbocycles. The van der Waals surface area contributed by atoms with E-state index in [0.717, 1.165) is 12.8 Å². The fourth-order valence-electron chi connectivity index (χ4n) is 2.64. The van der Waals surface area contributed by atoms with Crippen molar-refractivity contribution in [2.75, 3.05) is 26.8 Å². The summed E-state index contributed by atoms with van der Waals surface area (Å²) in [6, 6.07) is 3.39. The van der Waals surface area contributed by atoms with E-state index in [0.29, 0.717) is 48.3 Å². The average Bonchev–Trinajstić information content (AvgIpc) is 3.27. The minimum absolute atomic E-state index is 0.0710. The molecular formula is C16H20BrN3O5. The molecule has 1 aliphatic heterocycles. The Hall–Kier alpha value is -1.71. The van der Waals surface area contributed by atoms with Gasteiger partial charge in [-0.25, -0.2) is 0 Å². The standard InChI is InChI=1S/C16H20BrN3O5/c1-22-9-6-14-18-15(25-19-14)10-23-11-4-7-20(8-5-11)16(21)12-2-3-13(17)24-12/h2-3,11H,4-10H2,1H3. The van der Waals surface area contributed by atoms with Crippen LogP contribution in [-0.2, 0) is 22.5 Å². The van der Waals surface area contributed by atoms with Crippen LogP contribution in [0.2, 0.25) is 0 Å². The quantitative estimate of drug-likeness (QED) is 0.687. The highest BCUT2D eigenvalue weighted by atomic mass is 79.9. The normalized spacial score (nSPS) is 15.7. The number of rotatable bonds is 7. The molecule has 2 aromatic rings. The number of likely N-dealkylation sites (tertiary alicyclic amines) is 1. The number of aromatic nitrogens is 2. The van der Waals surface area contributed by atoms with Crippen LogP contribution in [0.1, 0.15) is 35.1 Å². The van der Waals surface area contributed by atoms with Gasteiger partial charge >= 0.3 is 0 Å². The van der Waals surface area contributed by atoms with Crippen molar-refractivity contribution >= 4 is 21.8 Å². The van der Waals surface area contributed by atoms with E-state index in [2.05, 4.69) is 26.1 Å². The van der Waals surface area contributed by atoms with Gasteiger partial charge in [0.1, 0.15) is 6.61 Å². The Morgan fingerprint density at radius 3 is 2.88 bits per heavy atom. The number of hydrogen-bond donors (Lipinski definition) is 0. The SMILES string of the molecule is COCCc1noc(COC2CCN(C(=O)c3ccc(Br)o3)CC2)n1. The van der Waals surface area contributed by atoms with Gasteiger partial charge in [-0.15, -0.1) is 0 Å². The van der Waals surface area contributed by atoms with Crippen molar-refractivity contribution in [2.24, 2.45) is 0 Å². The molecule has 1 saturated heterocycles. The van der Waals surface area contributed by atoms with Gasteiger partial charge in [-0.2, -0.15) is 4.98 Å². The molecule has 0 radical (unpaired) electrons. The fraction of sp³-hybridized carbons (Fsp3) is 0.562. The van der Waals surface area contributed by atoms with Crippen LogP contribution in [0.3, 0.4) is 0 Å². The smallest absolute Gasteiger partial charge is 0.289 e. The van der Waals surface area contributed by atoms with E-state index in [9.17, 15) is 4.79 Å². The Bertz CT molecular complexity index is 694. The molecule has 0 bridgehead atoms. The predicted molar refractivity (Wildman–Crippen MR) is 90.0 cm³/mol. The molecule has 0 spiro atoms. The summed E-state index contributed by atoms with van der Waals surface area (Å²) in [4.78, 5) is 18.3. The molecule has 3 heterocycles. The summed E-state index contributed by atoms with van der Waals surface area (Å²) in [7, 11) is 1.63. The van der Waals surface area contributed by atoms with Gasteiger partial charge in [-0.1, -0.05) is 5.16 Å². The minimum atomic E-state index is -0.0937. The second kappa shape index (κ2) is 8.59.